The molecule has 1 N–H and O–H groups in total. The molecule has 9 heteroatoms. The maximum absolute atomic E-state index is 12.3. The molecule has 4 rings (SSSR count). The first kappa shape index (κ1) is 20.1. The Morgan fingerprint density at radius 3 is 2.67 bits per heavy atom. The number of methoxy groups -OCH3 is 2. The van der Waals surface area contributed by atoms with Gasteiger partial charge in [-0.3, -0.25) is 4.79 Å². The van der Waals surface area contributed by atoms with E-state index in [0.29, 0.717) is 22.7 Å². The second-order valence-electron chi connectivity index (χ2n) is 7.29. The third kappa shape index (κ3) is 4.20. The zero-order valence-corrected chi connectivity index (χ0v) is 17.3. The quantitative estimate of drug-likeness (QED) is 0.659. The molecule has 1 aliphatic heterocycles. The van der Waals surface area contributed by atoms with Crippen molar-refractivity contribution >= 4 is 16.9 Å². The van der Waals surface area contributed by atoms with Gasteiger partial charge in [0, 0.05) is 39.1 Å². The number of ether oxygens (including phenoxy) is 3. The molecule has 0 spiro atoms. The number of hydrogen-bond acceptors (Lipinski definition) is 8. The number of H-pyrrole nitrogens is 1. The van der Waals surface area contributed by atoms with Gasteiger partial charge in [-0.1, -0.05) is 0 Å². The van der Waals surface area contributed by atoms with Crippen LogP contribution in [0.25, 0.3) is 11.0 Å². The maximum atomic E-state index is 12.3. The van der Waals surface area contributed by atoms with Crippen LogP contribution in [-0.4, -0.2) is 53.3 Å². The smallest absolute Gasteiger partial charge is 0.260 e. The Balaban J connectivity index is 1.48. The second kappa shape index (κ2) is 8.66. The number of nitrogens with one attached hydrogen (secondary N) is 1. The Labute approximate surface area is 174 Å². The summed E-state index contributed by atoms with van der Waals surface area (Å²) in [5, 5.41) is 0.487. The summed E-state index contributed by atoms with van der Waals surface area (Å²) in [7, 11) is 3.15. The molecular weight excluding hydrogens is 386 g/mol. The predicted molar refractivity (Wildman–Crippen MR) is 112 cm³/mol. The third-order valence-corrected chi connectivity index (χ3v) is 5.15. The molecule has 9 nitrogen and oxygen atoms in total. The van der Waals surface area contributed by atoms with Gasteiger partial charge in [0.1, 0.15) is 30.1 Å². The standard InChI is InChI=1S/C21H25N5O4/c1-13-10-16-19(23-17(12-28-2)24-21(16)27)25-20(13)26-8-6-14(7-9-26)30-15-4-5-18(29-3)22-11-15/h4-5,10-11,14H,6-9,12H2,1-3H3,(H,23,24,25,27). The van der Waals surface area contributed by atoms with Gasteiger partial charge < -0.3 is 24.1 Å². The Morgan fingerprint density at radius 2 is 2.00 bits per heavy atom. The Bertz CT molecular complexity index is 1080. The summed E-state index contributed by atoms with van der Waals surface area (Å²) in [6.07, 6.45) is 3.53. The van der Waals surface area contributed by atoms with E-state index in [-0.39, 0.29) is 18.3 Å². The van der Waals surface area contributed by atoms with E-state index >= 15 is 0 Å². The Morgan fingerprint density at radius 1 is 1.20 bits per heavy atom. The van der Waals surface area contributed by atoms with Gasteiger partial charge in [-0.15, -0.1) is 0 Å². The molecule has 0 aromatic carbocycles. The number of piperidine rings is 1. The van der Waals surface area contributed by atoms with Gasteiger partial charge in [0.25, 0.3) is 5.56 Å². The van der Waals surface area contributed by atoms with Crippen LogP contribution in [-0.2, 0) is 11.3 Å². The molecule has 3 aromatic heterocycles. The number of aromatic amines is 1. The molecule has 4 heterocycles. The molecule has 1 saturated heterocycles. The van der Waals surface area contributed by atoms with E-state index in [0.717, 1.165) is 43.1 Å². The van der Waals surface area contributed by atoms with Crippen molar-refractivity contribution in [3.8, 4) is 11.6 Å². The average molecular weight is 411 g/mol. The highest BCUT2D eigenvalue weighted by molar-refractivity contribution is 5.77. The van der Waals surface area contributed by atoms with Crippen molar-refractivity contribution < 1.29 is 14.2 Å². The molecule has 0 amide bonds. The summed E-state index contributed by atoms with van der Waals surface area (Å²) in [6.45, 7) is 3.82. The number of hydrogen-bond donors (Lipinski definition) is 1. The lowest BCUT2D eigenvalue weighted by Gasteiger charge is -2.33. The molecule has 1 fully saturated rings. The van der Waals surface area contributed by atoms with Crippen LogP contribution in [0.5, 0.6) is 11.6 Å². The van der Waals surface area contributed by atoms with Crippen LogP contribution in [0.4, 0.5) is 5.82 Å². The molecule has 0 bridgehead atoms. The van der Waals surface area contributed by atoms with Gasteiger partial charge in [-0.05, 0) is 24.6 Å². The number of nitrogens with zero attached hydrogens (tertiary/aromatic N) is 4. The zero-order valence-electron chi connectivity index (χ0n) is 17.3. The van der Waals surface area contributed by atoms with Crippen molar-refractivity contribution in [2.45, 2.75) is 32.5 Å². The number of aromatic nitrogens is 4. The predicted octanol–water partition coefficient (Wildman–Crippen LogP) is 2.22. The minimum Gasteiger partial charge on any atom is -0.489 e. The van der Waals surface area contributed by atoms with E-state index in [1.807, 2.05) is 19.1 Å². The van der Waals surface area contributed by atoms with Crippen molar-refractivity contribution in [3.05, 3.63) is 46.1 Å². The minimum atomic E-state index is -0.200. The molecule has 158 valence electrons. The van der Waals surface area contributed by atoms with Crippen LogP contribution in [0.15, 0.2) is 29.2 Å². The van der Waals surface area contributed by atoms with Gasteiger partial charge in [0.2, 0.25) is 5.88 Å². The number of pyridine rings is 2. The van der Waals surface area contributed by atoms with Crippen LogP contribution in [0.1, 0.15) is 24.2 Å². The minimum absolute atomic E-state index is 0.117. The fourth-order valence-electron chi connectivity index (χ4n) is 3.66. The van der Waals surface area contributed by atoms with Crippen LogP contribution in [0, 0.1) is 6.92 Å². The van der Waals surface area contributed by atoms with Crippen molar-refractivity contribution in [3.63, 3.8) is 0 Å². The van der Waals surface area contributed by atoms with E-state index < -0.39 is 0 Å². The molecule has 1 aliphatic rings. The van der Waals surface area contributed by atoms with E-state index in [4.69, 9.17) is 19.2 Å². The summed E-state index contributed by atoms with van der Waals surface area (Å²) in [6, 6.07) is 5.51. The first-order valence-electron chi connectivity index (χ1n) is 9.88. The molecule has 30 heavy (non-hydrogen) atoms. The van der Waals surface area contributed by atoms with Crippen LogP contribution < -0.4 is 19.9 Å². The fourth-order valence-corrected chi connectivity index (χ4v) is 3.66. The number of fused-ring (bicyclic) bond motifs is 1. The normalized spacial score (nSPS) is 14.8. The highest BCUT2D eigenvalue weighted by atomic mass is 16.5. The summed E-state index contributed by atoms with van der Waals surface area (Å²) in [5.41, 5.74) is 1.19. The summed E-state index contributed by atoms with van der Waals surface area (Å²) in [4.78, 5) is 30.6. The number of aryl methyl sites for hydroxylation is 1. The van der Waals surface area contributed by atoms with Crippen molar-refractivity contribution in [2.24, 2.45) is 0 Å². The highest BCUT2D eigenvalue weighted by Gasteiger charge is 2.23. The Kier molecular flexibility index (Phi) is 5.80. The summed E-state index contributed by atoms with van der Waals surface area (Å²) in [5.74, 6) is 2.63. The van der Waals surface area contributed by atoms with E-state index in [1.54, 1.807) is 26.5 Å². The lowest BCUT2D eigenvalue weighted by molar-refractivity contribution is 0.170. The lowest BCUT2D eigenvalue weighted by Crippen LogP contribution is -2.39. The third-order valence-electron chi connectivity index (χ3n) is 5.15. The van der Waals surface area contributed by atoms with Gasteiger partial charge >= 0.3 is 0 Å². The van der Waals surface area contributed by atoms with E-state index in [2.05, 4.69) is 19.9 Å². The van der Waals surface area contributed by atoms with Gasteiger partial charge in [-0.2, -0.15) is 0 Å². The molecule has 3 aromatic rings. The monoisotopic (exact) mass is 411 g/mol. The van der Waals surface area contributed by atoms with E-state index in [9.17, 15) is 4.79 Å². The largest absolute Gasteiger partial charge is 0.489 e. The molecule has 0 unspecified atom stereocenters. The van der Waals surface area contributed by atoms with Gasteiger partial charge in [-0.25, -0.2) is 15.0 Å². The first-order valence-corrected chi connectivity index (χ1v) is 9.88. The Hall–Kier alpha value is -3.20. The van der Waals surface area contributed by atoms with Crippen molar-refractivity contribution in [1.82, 2.24) is 19.9 Å². The molecular formula is C21H25N5O4. The van der Waals surface area contributed by atoms with Gasteiger partial charge in [0.15, 0.2) is 5.65 Å². The molecule has 0 aliphatic carbocycles. The van der Waals surface area contributed by atoms with Crippen LogP contribution >= 0.6 is 0 Å². The average Bonchev–Trinajstić information content (AvgIpc) is 2.75. The number of rotatable bonds is 6. The number of anilines is 1. The molecule has 0 saturated carbocycles. The maximum Gasteiger partial charge on any atom is 0.260 e. The van der Waals surface area contributed by atoms with Crippen molar-refractivity contribution in [2.75, 3.05) is 32.2 Å². The zero-order chi connectivity index (χ0) is 21.1. The molecule has 0 atom stereocenters. The first-order chi connectivity index (χ1) is 14.6. The van der Waals surface area contributed by atoms with E-state index in [1.165, 1.54) is 0 Å². The summed E-state index contributed by atoms with van der Waals surface area (Å²) >= 11 is 0. The molecule has 0 radical (unpaired) electrons. The topological polar surface area (TPSA) is 102 Å². The fraction of sp³-hybridized carbons (Fsp3) is 0.429. The lowest BCUT2D eigenvalue weighted by atomic mass is 10.1. The summed E-state index contributed by atoms with van der Waals surface area (Å²) < 4.78 is 16.2. The van der Waals surface area contributed by atoms with Crippen LogP contribution in [0.2, 0.25) is 0 Å². The van der Waals surface area contributed by atoms with Crippen molar-refractivity contribution in [1.29, 1.82) is 0 Å². The SMILES string of the molecule is COCc1nc2nc(N3CCC(Oc4ccc(OC)nc4)CC3)c(C)cc2c(=O)[nH]1. The van der Waals surface area contributed by atoms with Gasteiger partial charge in [0.05, 0.1) is 18.7 Å². The second-order valence-corrected chi connectivity index (χ2v) is 7.29. The van der Waals surface area contributed by atoms with Crippen LogP contribution in [0.3, 0.4) is 0 Å². The highest BCUT2D eigenvalue weighted by Crippen LogP contribution is 2.26.